The highest BCUT2D eigenvalue weighted by Gasteiger charge is 2.68. The van der Waals surface area contributed by atoms with Crippen molar-refractivity contribution in [2.45, 2.75) is 37.1 Å². The van der Waals surface area contributed by atoms with E-state index in [1.54, 1.807) is 0 Å². The summed E-state index contributed by atoms with van der Waals surface area (Å²) >= 11 is 0.798. The molecule has 1 fully saturated rings. The van der Waals surface area contributed by atoms with Gasteiger partial charge in [0.1, 0.15) is 0 Å². The summed E-state index contributed by atoms with van der Waals surface area (Å²) in [6.07, 6.45) is -3.87. The number of halogens is 3. The van der Waals surface area contributed by atoms with Crippen molar-refractivity contribution in [1.82, 2.24) is 4.98 Å². The second-order valence-corrected chi connectivity index (χ2v) is 7.91. The van der Waals surface area contributed by atoms with Crippen LogP contribution in [0.3, 0.4) is 0 Å². The number of esters is 1. The standard InChI is InChI=1S/C19H18F3N3O3S/c1-28-16(26)15-10-29-17(23-15)25-18(27,19(20,21)22)13-9-12(7-8-14(13)24-25)11-5-3-2-4-6-11/h2-6,10,12-13,27H,7-9H2,1H3. The van der Waals surface area contributed by atoms with Gasteiger partial charge in [0.05, 0.1) is 13.0 Å². The van der Waals surface area contributed by atoms with Crippen LogP contribution in [0.1, 0.15) is 41.2 Å². The first kappa shape index (κ1) is 19.8. The Morgan fingerprint density at radius 3 is 2.72 bits per heavy atom. The summed E-state index contributed by atoms with van der Waals surface area (Å²) in [5, 5.41) is 16.6. The number of thiazole rings is 1. The van der Waals surface area contributed by atoms with Crippen LogP contribution in [-0.2, 0) is 4.74 Å². The van der Waals surface area contributed by atoms with Crippen LogP contribution in [0.25, 0.3) is 0 Å². The molecule has 6 nitrogen and oxygen atoms in total. The molecule has 1 aliphatic heterocycles. The van der Waals surface area contributed by atoms with E-state index in [2.05, 4.69) is 14.8 Å². The Balaban J connectivity index is 1.70. The molecule has 0 amide bonds. The molecule has 3 atom stereocenters. The van der Waals surface area contributed by atoms with Gasteiger partial charge in [0.15, 0.2) is 5.69 Å². The molecule has 3 unspecified atom stereocenters. The zero-order valence-corrected chi connectivity index (χ0v) is 16.2. The van der Waals surface area contributed by atoms with E-state index >= 15 is 0 Å². The van der Waals surface area contributed by atoms with Gasteiger partial charge in [0.2, 0.25) is 5.13 Å². The third-order valence-corrected chi connectivity index (χ3v) is 6.28. The fraction of sp³-hybridized carbons (Fsp3) is 0.421. The third-order valence-electron chi connectivity index (χ3n) is 5.46. The molecular formula is C19H18F3N3O3S. The smallest absolute Gasteiger partial charge is 0.439 e. The molecular weight excluding hydrogens is 407 g/mol. The van der Waals surface area contributed by atoms with Crippen LogP contribution < -0.4 is 5.01 Å². The van der Waals surface area contributed by atoms with Crippen molar-refractivity contribution < 1.29 is 27.8 Å². The molecule has 1 aromatic carbocycles. The molecule has 2 heterocycles. The van der Waals surface area contributed by atoms with E-state index in [0.29, 0.717) is 23.6 Å². The van der Waals surface area contributed by atoms with Gasteiger partial charge in [-0.3, -0.25) is 0 Å². The second kappa shape index (κ2) is 7.10. The molecule has 0 saturated heterocycles. The molecule has 1 aliphatic carbocycles. The molecule has 154 valence electrons. The van der Waals surface area contributed by atoms with Crippen LogP contribution in [0.15, 0.2) is 40.8 Å². The number of nitrogens with zero attached hydrogens (tertiary/aromatic N) is 3. The van der Waals surface area contributed by atoms with Gasteiger partial charge in [-0.25, -0.2) is 9.78 Å². The number of hydrazone groups is 1. The Morgan fingerprint density at radius 2 is 2.07 bits per heavy atom. The predicted octanol–water partition coefficient (Wildman–Crippen LogP) is 3.94. The lowest BCUT2D eigenvalue weighted by atomic mass is 9.73. The Kier molecular flexibility index (Phi) is 4.86. The monoisotopic (exact) mass is 425 g/mol. The average Bonchev–Trinajstić information content (AvgIpc) is 3.31. The van der Waals surface area contributed by atoms with Gasteiger partial charge in [-0.05, 0) is 30.7 Å². The highest BCUT2D eigenvalue weighted by molar-refractivity contribution is 7.14. The number of fused-ring (bicyclic) bond motifs is 1. The number of alkyl halides is 3. The maximum absolute atomic E-state index is 14.1. The first-order valence-electron chi connectivity index (χ1n) is 9.01. The fourth-order valence-electron chi connectivity index (χ4n) is 4.00. The molecule has 4 rings (SSSR count). The predicted molar refractivity (Wildman–Crippen MR) is 101 cm³/mol. The van der Waals surface area contributed by atoms with Crippen LogP contribution in [-0.4, -0.2) is 40.8 Å². The fourth-order valence-corrected chi connectivity index (χ4v) is 4.79. The summed E-state index contributed by atoms with van der Waals surface area (Å²) in [5.74, 6) is -2.10. The minimum atomic E-state index is -4.97. The van der Waals surface area contributed by atoms with Crippen LogP contribution in [0, 0.1) is 5.92 Å². The van der Waals surface area contributed by atoms with E-state index in [-0.39, 0.29) is 23.2 Å². The molecule has 0 radical (unpaired) electrons. The largest absolute Gasteiger partial charge is 0.464 e. The molecule has 1 N–H and O–H groups in total. The lowest BCUT2D eigenvalue weighted by molar-refractivity contribution is -0.269. The number of aliphatic hydroxyl groups is 1. The van der Waals surface area contributed by atoms with Crippen molar-refractivity contribution >= 4 is 28.1 Å². The summed E-state index contributed by atoms with van der Waals surface area (Å²) in [6, 6.07) is 9.31. The van der Waals surface area contributed by atoms with Gasteiger partial charge >= 0.3 is 12.1 Å². The average molecular weight is 425 g/mol. The van der Waals surface area contributed by atoms with Gasteiger partial charge in [0.25, 0.3) is 5.72 Å². The summed E-state index contributed by atoms with van der Waals surface area (Å²) in [6.45, 7) is 0. The number of anilines is 1. The number of hydrogen-bond acceptors (Lipinski definition) is 7. The second-order valence-electron chi connectivity index (χ2n) is 7.07. The maximum atomic E-state index is 14.1. The Labute approximate surface area is 168 Å². The quantitative estimate of drug-likeness (QED) is 0.754. The van der Waals surface area contributed by atoms with Gasteiger partial charge in [-0.15, -0.1) is 11.3 Å². The first-order valence-corrected chi connectivity index (χ1v) is 9.89. The molecule has 1 saturated carbocycles. The van der Waals surface area contributed by atoms with Gasteiger partial charge < -0.3 is 9.84 Å². The number of rotatable bonds is 3. The number of hydrogen-bond donors (Lipinski definition) is 1. The van der Waals surface area contributed by atoms with Crippen molar-refractivity contribution in [3.63, 3.8) is 0 Å². The van der Waals surface area contributed by atoms with Crippen LogP contribution >= 0.6 is 11.3 Å². The van der Waals surface area contributed by atoms with Gasteiger partial charge in [-0.1, -0.05) is 30.3 Å². The lowest BCUT2D eigenvalue weighted by Crippen LogP contribution is -2.60. The zero-order valence-electron chi connectivity index (χ0n) is 15.4. The highest BCUT2D eigenvalue weighted by atomic mass is 32.1. The normalized spacial score (nSPS) is 26.8. The number of aromatic nitrogens is 1. The van der Waals surface area contributed by atoms with Crippen LogP contribution in [0.2, 0.25) is 0 Å². The number of carbonyl (C=O) groups is 1. The molecule has 10 heteroatoms. The summed E-state index contributed by atoms with van der Waals surface area (Å²) < 4.78 is 47.0. The van der Waals surface area contributed by atoms with Gasteiger partial charge in [0, 0.05) is 11.1 Å². The minimum absolute atomic E-state index is 0.115. The van der Waals surface area contributed by atoms with E-state index in [1.807, 2.05) is 30.3 Å². The number of ether oxygens (including phenoxy) is 1. The molecule has 29 heavy (non-hydrogen) atoms. The van der Waals surface area contributed by atoms with Crippen molar-refractivity contribution in [2.24, 2.45) is 11.0 Å². The SMILES string of the molecule is COC(=O)c1csc(N2N=C3CCC(c4ccccc4)CC3C2(O)C(F)(F)F)n1. The van der Waals surface area contributed by atoms with Crippen molar-refractivity contribution in [2.75, 3.05) is 12.1 Å². The van der Waals surface area contributed by atoms with Crippen molar-refractivity contribution in [3.8, 4) is 0 Å². The van der Waals surface area contributed by atoms with Crippen molar-refractivity contribution in [1.29, 1.82) is 0 Å². The Bertz CT molecular complexity index is 947. The number of carbonyl (C=O) groups excluding carboxylic acids is 1. The topological polar surface area (TPSA) is 75.0 Å². The molecule has 0 bridgehead atoms. The first-order chi connectivity index (χ1) is 13.8. The summed E-state index contributed by atoms with van der Waals surface area (Å²) in [7, 11) is 1.15. The van der Waals surface area contributed by atoms with Gasteiger partial charge in [-0.2, -0.15) is 23.3 Å². The molecule has 0 spiro atoms. The Hall–Kier alpha value is -2.46. The minimum Gasteiger partial charge on any atom is -0.464 e. The lowest BCUT2D eigenvalue weighted by Gasteiger charge is -2.39. The van der Waals surface area contributed by atoms with Crippen LogP contribution in [0.5, 0.6) is 0 Å². The molecule has 2 aromatic rings. The zero-order chi connectivity index (χ0) is 20.8. The highest BCUT2D eigenvalue weighted by Crippen LogP contribution is 2.52. The molecule has 1 aromatic heterocycles. The van der Waals surface area contributed by atoms with Crippen molar-refractivity contribution in [3.05, 3.63) is 47.0 Å². The molecule has 2 aliphatic rings. The summed E-state index contributed by atoms with van der Waals surface area (Å²) in [4.78, 5) is 15.5. The van der Waals surface area contributed by atoms with E-state index in [0.717, 1.165) is 24.0 Å². The number of methoxy groups -OCH3 is 1. The van der Waals surface area contributed by atoms with E-state index in [9.17, 15) is 23.1 Å². The number of benzene rings is 1. The van der Waals surface area contributed by atoms with E-state index in [1.165, 1.54) is 5.38 Å². The maximum Gasteiger partial charge on any atom is 0.439 e. The van der Waals surface area contributed by atoms with Crippen LogP contribution in [0.4, 0.5) is 18.3 Å². The summed E-state index contributed by atoms with van der Waals surface area (Å²) in [5.41, 5.74) is -2.11. The third kappa shape index (κ3) is 3.20. The van der Waals surface area contributed by atoms with E-state index < -0.39 is 23.8 Å². The Morgan fingerprint density at radius 1 is 1.34 bits per heavy atom. The van der Waals surface area contributed by atoms with E-state index in [4.69, 9.17) is 0 Å².